The van der Waals surface area contributed by atoms with Gasteiger partial charge in [0.05, 0.1) is 25.7 Å². The van der Waals surface area contributed by atoms with E-state index in [1.54, 1.807) is 0 Å². The molecule has 1 aromatic carbocycles. The van der Waals surface area contributed by atoms with Gasteiger partial charge in [-0.1, -0.05) is 24.3 Å². The number of amides is 1. The van der Waals surface area contributed by atoms with Gasteiger partial charge in [-0.3, -0.25) is 4.79 Å². The van der Waals surface area contributed by atoms with Gasteiger partial charge in [-0.05, 0) is 24.5 Å². The van der Waals surface area contributed by atoms with Crippen LogP contribution in [0.3, 0.4) is 0 Å². The number of rotatable bonds is 4. The number of nitrogens with one attached hydrogen (secondary N) is 1. The number of aryl methyl sites for hydroxylation is 1. The summed E-state index contributed by atoms with van der Waals surface area (Å²) in [6.45, 7) is 2.88. The Balaban J connectivity index is 1.60. The molecule has 5 nitrogen and oxygen atoms in total. The molecule has 3 rings (SSSR count). The lowest BCUT2D eigenvalue weighted by Gasteiger charge is -2.25. The fraction of sp³-hybridized carbons (Fsp3) is 0.375. The number of carbonyl (C=O) groups excluding carboxylic acids is 1. The molecule has 0 saturated carbocycles. The van der Waals surface area contributed by atoms with E-state index in [1.807, 2.05) is 25.1 Å². The first-order valence-electron chi connectivity index (χ1n) is 7.09. The Hall–Kier alpha value is -2.14. The predicted octanol–water partition coefficient (Wildman–Crippen LogP) is 2.30. The average Bonchev–Trinajstić information content (AvgIpc) is 2.91. The maximum atomic E-state index is 12.1. The molecule has 1 N–H and O–H groups in total. The van der Waals surface area contributed by atoms with E-state index in [1.165, 1.54) is 12.0 Å². The molecule has 0 spiro atoms. The highest BCUT2D eigenvalue weighted by Crippen LogP contribution is 2.29. The molecule has 1 amide bonds. The predicted molar refractivity (Wildman–Crippen MR) is 76.5 cm³/mol. The number of ether oxygens (including phenoxy) is 1. The van der Waals surface area contributed by atoms with Crippen LogP contribution in [0.4, 0.5) is 0 Å². The van der Waals surface area contributed by atoms with Crippen LogP contribution in [0.1, 0.15) is 35.1 Å². The average molecular weight is 286 g/mol. The zero-order valence-electron chi connectivity index (χ0n) is 12.0. The highest BCUT2D eigenvalue weighted by atomic mass is 16.5. The van der Waals surface area contributed by atoms with Crippen molar-refractivity contribution in [3.8, 4) is 0 Å². The number of hydrogen-bond donors (Lipinski definition) is 1. The van der Waals surface area contributed by atoms with Crippen molar-refractivity contribution in [3.63, 3.8) is 0 Å². The minimum absolute atomic E-state index is 0.0425. The van der Waals surface area contributed by atoms with Crippen LogP contribution in [0.25, 0.3) is 0 Å². The van der Waals surface area contributed by atoms with Gasteiger partial charge in [0, 0.05) is 0 Å². The molecule has 0 radical (unpaired) electrons. The van der Waals surface area contributed by atoms with E-state index in [0.717, 1.165) is 23.4 Å². The third-order valence-corrected chi connectivity index (χ3v) is 3.76. The van der Waals surface area contributed by atoms with Crippen LogP contribution in [-0.2, 0) is 22.5 Å². The zero-order valence-corrected chi connectivity index (χ0v) is 12.0. The zero-order chi connectivity index (χ0) is 14.7. The summed E-state index contributed by atoms with van der Waals surface area (Å²) in [5, 5.41) is 2.86. The standard InChI is InChI=1S/C16H18N2O3/c1-11-14(18-10-21-11)9-17-16(19)8-15-13-5-3-2-4-12(13)6-7-20-15/h2-5,10,15H,6-9H2,1H3,(H,17,19). The molecule has 2 aromatic rings. The summed E-state index contributed by atoms with van der Waals surface area (Å²) >= 11 is 0. The highest BCUT2D eigenvalue weighted by molar-refractivity contribution is 5.76. The van der Waals surface area contributed by atoms with Gasteiger partial charge in [-0.25, -0.2) is 4.98 Å². The van der Waals surface area contributed by atoms with Gasteiger partial charge in [0.25, 0.3) is 0 Å². The first-order chi connectivity index (χ1) is 10.2. The first kappa shape index (κ1) is 13.8. The Morgan fingerprint density at radius 2 is 2.29 bits per heavy atom. The summed E-state index contributed by atoms with van der Waals surface area (Å²) in [6, 6.07) is 8.14. The summed E-state index contributed by atoms with van der Waals surface area (Å²) in [7, 11) is 0. The normalized spacial score (nSPS) is 17.3. The van der Waals surface area contributed by atoms with E-state index in [2.05, 4.69) is 16.4 Å². The fourth-order valence-electron chi connectivity index (χ4n) is 2.57. The molecule has 1 aromatic heterocycles. The van der Waals surface area contributed by atoms with Crippen LogP contribution in [0, 0.1) is 6.92 Å². The number of carbonyl (C=O) groups is 1. The van der Waals surface area contributed by atoms with Crippen LogP contribution >= 0.6 is 0 Å². The minimum Gasteiger partial charge on any atom is -0.448 e. The van der Waals surface area contributed by atoms with Crippen LogP contribution < -0.4 is 5.32 Å². The van der Waals surface area contributed by atoms with E-state index >= 15 is 0 Å². The summed E-state index contributed by atoms with van der Waals surface area (Å²) in [5.74, 6) is 0.689. The van der Waals surface area contributed by atoms with Crippen molar-refractivity contribution in [2.45, 2.75) is 32.4 Å². The van der Waals surface area contributed by atoms with Gasteiger partial charge in [-0.2, -0.15) is 0 Å². The molecule has 1 atom stereocenters. The maximum absolute atomic E-state index is 12.1. The molecule has 1 aliphatic rings. The number of hydrogen-bond acceptors (Lipinski definition) is 4. The van der Waals surface area contributed by atoms with Crippen molar-refractivity contribution < 1.29 is 13.9 Å². The van der Waals surface area contributed by atoms with Gasteiger partial charge in [-0.15, -0.1) is 0 Å². The minimum atomic E-state index is -0.159. The van der Waals surface area contributed by atoms with E-state index in [4.69, 9.17) is 9.15 Å². The third-order valence-electron chi connectivity index (χ3n) is 3.76. The maximum Gasteiger partial charge on any atom is 0.223 e. The Morgan fingerprint density at radius 3 is 3.10 bits per heavy atom. The summed E-state index contributed by atoms with van der Waals surface area (Å²) < 4.78 is 10.8. The smallest absolute Gasteiger partial charge is 0.223 e. The molecular weight excluding hydrogens is 268 g/mol. The molecule has 21 heavy (non-hydrogen) atoms. The van der Waals surface area contributed by atoms with Gasteiger partial charge >= 0.3 is 0 Å². The Labute approximate surface area is 123 Å². The first-order valence-corrected chi connectivity index (χ1v) is 7.09. The lowest BCUT2D eigenvalue weighted by atomic mass is 9.95. The molecule has 110 valence electrons. The second kappa shape index (κ2) is 6.10. The second-order valence-electron chi connectivity index (χ2n) is 5.14. The van der Waals surface area contributed by atoms with Crippen molar-refractivity contribution in [1.82, 2.24) is 10.3 Å². The summed E-state index contributed by atoms with van der Waals surface area (Å²) in [5.41, 5.74) is 3.15. The topological polar surface area (TPSA) is 64.4 Å². The molecule has 0 aliphatic carbocycles. The fourth-order valence-corrected chi connectivity index (χ4v) is 2.57. The lowest BCUT2D eigenvalue weighted by Crippen LogP contribution is -2.27. The molecule has 0 bridgehead atoms. The van der Waals surface area contributed by atoms with Gasteiger partial charge in [0.15, 0.2) is 6.39 Å². The quantitative estimate of drug-likeness (QED) is 0.936. The molecular formula is C16H18N2O3. The van der Waals surface area contributed by atoms with Crippen LogP contribution in [-0.4, -0.2) is 17.5 Å². The SMILES string of the molecule is Cc1ocnc1CNC(=O)CC1OCCc2ccccc21. The number of nitrogens with zero attached hydrogens (tertiary/aromatic N) is 1. The van der Waals surface area contributed by atoms with Crippen molar-refractivity contribution in [2.24, 2.45) is 0 Å². The van der Waals surface area contributed by atoms with Crippen molar-refractivity contribution >= 4 is 5.91 Å². The van der Waals surface area contributed by atoms with E-state index in [9.17, 15) is 4.79 Å². The van der Waals surface area contributed by atoms with Crippen molar-refractivity contribution in [3.05, 3.63) is 53.2 Å². The second-order valence-corrected chi connectivity index (χ2v) is 5.14. The van der Waals surface area contributed by atoms with Gasteiger partial charge in [0.1, 0.15) is 11.5 Å². The Bertz CT molecular complexity index is 636. The molecule has 1 aliphatic heterocycles. The molecule has 2 heterocycles. The van der Waals surface area contributed by atoms with E-state index in [0.29, 0.717) is 19.6 Å². The van der Waals surface area contributed by atoms with Crippen LogP contribution in [0.2, 0.25) is 0 Å². The summed E-state index contributed by atoms with van der Waals surface area (Å²) in [6.07, 6.45) is 2.46. The highest BCUT2D eigenvalue weighted by Gasteiger charge is 2.23. The van der Waals surface area contributed by atoms with E-state index in [-0.39, 0.29) is 12.0 Å². The molecule has 1 unspecified atom stereocenters. The van der Waals surface area contributed by atoms with Crippen molar-refractivity contribution in [2.75, 3.05) is 6.61 Å². The third kappa shape index (κ3) is 3.13. The van der Waals surface area contributed by atoms with Crippen LogP contribution in [0.15, 0.2) is 35.1 Å². The number of oxazole rings is 1. The lowest BCUT2D eigenvalue weighted by molar-refractivity contribution is -0.124. The Kier molecular flexibility index (Phi) is 4.01. The molecule has 0 fully saturated rings. The Morgan fingerprint density at radius 1 is 1.43 bits per heavy atom. The van der Waals surface area contributed by atoms with E-state index < -0.39 is 0 Å². The largest absolute Gasteiger partial charge is 0.448 e. The van der Waals surface area contributed by atoms with Gasteiger partial charge in [0.2, 0.25) is 5.91 Å². The van der Waals surface area contributed by atoms with Crippen molar-refractivity contribution in [1.29, 1.82) is 0 Å². The number of benzene rings is 1. The monoisotopic (exact) mass is 286 g/mol. The molecule has 5 heteroatoms. The van der Waals surface area contributed by atoms with Gasteiger partial charge < -0.3 is 14.5 Å². The number of fused-ring (bicyclic) bond motifs is 1. The number of aromatic nitrogens is 1. The van der Waals surface area contributed by atoms with Crippen LogP contribution in [0.5, 0.6) is 0 Å². The molecule has 0 saturated heterocycles. The summed E-state index contributed by atoms with van der Waals surface area (Å²) in [4.78, 5) is 16.1.